The molecule has 0 saturated carbocycles. The number of aromatic amines is 2. The zero-order valence-corrected chi connectivity index (χ0v) is 12.6. The fourth-order valence-corrected chi connectivity index (χ4v) is 1.93. The fourth-order valence-electron chi connectivity index (χ4n) is 1.70. The van der Waals surface area contributed by atoms with Crippen LogP contribution in [0.1, 0.15) is 11.3 Å². The molecule has 1 aromatic heterocycles. The Balaban J connectivity index is 1.92. The smallest absolute Gasteiger partial charge is 0.251 e. The van der Waals surface area contributed by atoms with Crippen LogP contribution < -0.4 is 15.7 Å². The third-order valence-electron chi connectivity index (χ3n) is 2.69. The van der Waals surface area contributed by atoms with E-state index in [0.717, 1.165) is 11.3 Å². The maximum absolute atomic E-state index is 11.7. The minimum atomic E-state index is -0.360. The molecule has 7 nitrogen and oxygen atoms in total. The van der Waals surface area contributed by atoms with Gasteiger partial charge in [-0.25, -0.2) is 5.43 Å². The molecule has 0 radical (unpaired) electrons. The quantitative estimate of drug-likeness (QED) is 0.437. The first-order chi connectivity index (χ1) is 10.6. The molecule has 22 heavy (non-hydrogen) atoms. The van der Waals surface area contributed by atoms with E-state index in [0.29, 0.717) is 5.69 Å². The first-order valence-electron chi connectivity index (χ1n) is 6.35. The SMILES string of the molecule is COc1ccc(/C=N\NC(=O)Cc2cc(=O)[nH]c(=S)[nH]2)cc1. The molecule has 8 heteroatoms. The van der Waals surface area contributed by atoms with E-state index < -0.39 is 0 Å². The fraction of sp³-hybridized carbons (Fsp3) is 0.143. The predicted molar refractivity (Wildman–Crippen MR) is 84.7 cm³/mol. The highest BCUT2D eigenvalue weighted by atomic mass is 32.1. The van der Waals surface area contributed by atoms with Crippen LogP contribution in [0.4, 0.5) is 0 Å². The van der Waals surface area contributed by atoms with Gasteiger partial charge in [0.05, 0.1) is 19.7 Å². The summed E-state index contributed by atoms with van der Waals surface area (Å²) >= 11 is 4.83. The summed E-state index contributed by atoms with van der Waals surface area (Å²) in [5.41, 5.74) is 3.27. The molecule has 0 fully saturated rings. The number of benzene rings is 1. The monoisotopic (exact) mass is 318 g/mol. The molecule has 2 aromatic rings. The van der Waals surface area contributed by atoms with E-state index in [1.165, 1.54) is 12.3 Å². The van der Waals surface area contributed by atoms with Crippen LogP contribution in [0.3, 0.4) is 0 Å². The van der Waals surface area contributed by atoms with Gasteiger partial charge in [0.2, 0.25) is 5.91 Å². The summed E-state index contributed by atoms with van der Waals surface area (Å²) in [7, 11) is 1.59. The third-order valence-corrected chi connectivity index (χ3v) is 2.89. The summed E-state index contributed by atoms with van der Waals surface area (Å²) in [6.07, 6.45) is 1.49. The Hall–Kier alpha value is -2.74. The number of H-pyrrole nitrogens is 2. The summed E-state index contributed by atoms with van der Waals surface area (Å²) in [6, 6.07) is 8.48. The molecule has 0 spiro atoms. The summed E-state index contributed by atoms with van der Waals surface area (Å²) in [5, 5.41) is 3.85. The average Bonchev–Trinajstić information content (AvgIpc) is 2.47. The number of hydrogen-bond donors (Lipinski definition) is 3. The zero-order chi connectivity index (χ0) is 15.9. The van der Waals surface area contributed by atoms with Crippen LogP contribution >= 0.6 is 12.2 Å². The lowest BCUT2D eigenvalue weighted by Gasteiger charge is -2.01. The molecule has 1 amide bonds. The third kappa shape index (κ3) is 4.67. The highest BCUT2D eigenvalue weighted by Crippen LogP contribution is 2.09. The van der Waals surface area contributed by atoms with Crippen molar-refractivity contribution in [3.8, 4) is 5.75 Å². The number of carbonyl (C=O) groups excluding carboxylic acids is 1. The Morgan fingerprint density at radius 3 is 2.73 bits per heavy atom. The van der Waals surface area contributed by atoms with Crippen molar-refractivity contribution in [2.75, 3.05) is 7.11 Å². The maximum Gasteiger partial charge on any atom is 0.251 e. The second-order valence-corrected chi connectivity index (χ2v) is 4.76. The number of hydrogen-bond acceptors (Lipinski definition) is 5. The molecule has 0 aliphatic heterocycles. The van der Waals surface area contributed by atoms with Gasteiger partial charge in [0.25, 0.3) is 5.56 Å². The molecule has 0 aliphatic rings. The van der Waals surface area contributed by atoms with E-state index >= 15 is 0 Å². The summed E-state index contributed by atoms with van der Waals surface area (Å²) in [6.45, 7) is 0. The van der Waals surface area contributed by atoms with Crippen LogP contribution in [0.15, 0.2) is 40.2 Å². The lowest BCUT2D eigenvalue weighted by Crippen LogP contribution is -2.21. The van der Waals surface area contributed by atoms with E-state index in [9.17, 15) is 9.59 Å². The number of ether oxygens (including phenoxy) is 1. The van der Waals surface area contributed by atoms with E-state index in [-0.39, 0.29) is 22.7 Å². The van der Waals surface area contributed by atoms with Gasteiger partial charge in [0.1, 0.15) is 5.75 Å². The minimum Gasteiger partial charge on any atom is -0.497 e. The van der Waals surface area contributed by atoms with Crippen molar-refractivity contribution in [3.63, 3.8) is 0 Å². The number of nitrogens with zero attached hydrogens (tertiary/aromatic N) is 1. The van der Waals surface area contributed by atoms with E-state index in [4.69, 9.17) is 17.0 Å². The van der Waals surface area contributed by atoms with Crippen molar-refractivity contribution in [1.29, 1.82) is 0 Å². The largest absolute Gasteiger partial charge is 0.497 e. The first kappa shape index (κ1) is 15.6. The highest BCUT2D eigenvalue weighted by molar-refractivity contribution is 7.71. The minimum absolute atomic E-state index is 0.0203. The average molecular weight is 318 g/mol. The molecule has 1 heterocycles. The molecular weight excluding hydrogens is 304 g/mol. The van der Waals surface area contributed by atoms with Gasteiger partial charge in [0, 0.05) is 11.8 Å². The molecule has 0 aliphatic carbocycles. The van der Waals surface area contributed by atoms with Crippen molar-refractivity contribution in [2.24, 2.45) is 5.10 Å². The van der Waals surface area contributed by atoms with Gasteiger partial charge < -0.3 is 9.72 Å². The van der Waals surface area contributed by atoms with E-state index in [2.05, 4.69) is 20.5 Å². The second-order valence-electron chi connectivity index (χ2n) is 4.36. The van der Waals surface area contributed by atoms with Gasteiger partial charge in [-0.2, -0.15) is 5.10 Å². The molecule has 2 rings (SSSR count). The predicted octanol–water partition coefficient (Wildman–Crippen LogP) is 1.13. The highest BCUT2D eigenvalue weighted by Gasteiger charge is 2.03. The number of rotatable bonds is 5. The Morgan fingerprint density at radius 2 is 2.09 bits per heavy atom. The van der Waals surface area contributed by atoms with Crippen molar-refractivity contribution in [3.05, 3.63) is 56.7 Å². The van der Waals surface area contributed by atoms with Gasteiger partial charge in [-0.15, -0.1) is 0 Å². The van der Waals surface area contributed by atoms with Gasteiger partial charge in [-0.05, 0) is 42.0 Å². The van der Waals surface area contributed by atoms with Crippen molar-refractivity contribution in [2.45, 2.75) is 6.42 Å². The van der Waals surface area contributed by atoms with E-state index in [1.54, 1.807) is 19.2 Å². The Labute approximate surface area is 131 Å². The molecular formula is C14H14N4O3S. The Bertz CT molecular complexity index is 764. The lowest BCUT2D eigenvalue weighted by molar-refractivity contribution is -0.120. The van der Waals surface area contributed by atoms with Crippen LogP contribution in [0.25, 0.3) is 0 Å². The van der Waals surface area contributed by atoms with Crippen LogP contribution in [-0.4, -0.2) is 29.2 Å². The van der Waals surface area contributed by atoms with Crippen molar-refractivity contribution < 1.29 is 9.53 Å². The van der Waals surface area contributed by atoms with Crippen LogP contribution in [0.5, 0.6) is 5.75 Å². The maximum atomic E-state index is 11.7. The van der Waals surface area contributed by atoms with E-state index in [1.807, 2.05) is 12.1 Å². The number of aromatic nitrogens is 2. The molecule has 0 bridgehead atoms. The zero-order valence-electron chi connectivity index (χ0n) is 11.8. The standard InChI is InChI=1S/C14H14N4O3S/c1-21-11-4-2-9(3-5-11)8-15-18-13(20)7-10-6-12(19)17-14(22)16-10/h2-6,8H,7H2,1H3,(H,18,20)(H2,16,17,19,22)/b15-8-. The molecule has 114 valence electrons. The van der Waals surface area contributed by atoms with Crippen LogP contribution in [-0.2, 0) is 11.2 Å². The number of amides is 1. The van der Waals surface area contributed by atoms with Crippen LogP contribution in [0.2, 0.25) is 0 Å². The van der Waals surface area contributed by atoms with Crippen molar-refractivity contribution in [1.82, 2.24) is 15.4 Å². The molecule has 0 atom stereocenters. The van der Waals surface area contributed by atoms with Crippen LogP contribution in [0, 0.1) is 4.77 Å². The number of hydrazone groups is 1. The second kappa shape index (κ2) is 7.32. The van der Waals surface area contributed by atoms with Gasteiger partial charge in [-0.1, -0.05) is 0 Å². The van der Waals surface area contributed by atoms with Gasteiger partial charge in [-0.3, -0.25) is 14.6 Å². The molecule has 0 saturated heterocycles. The van der Waals surface area contributed by atoms with Gasteiger partial charge in [0.15, 0.2) is 4.77 Å². The Kier molecular flexibility index (Phi) is 5.21. The summed E-state index contributed by atoms with van der Waals surface area (Å²) in [5.74, 6) is 0.381. The number of carbonyl (C=O) groups is 1. The van der Waals surface area contributed by atoms with Gasteiger partial charge >= 0.3 is 0 Å². The molecule has 3 N–H and O–H groups in total. The van der Waals surface area contributed by atoms with Crippen molar-refractivity contribution >= 4 is 24.3 Å². The number of methoxy groups -OCH3 is 1. The first-order valence-corrected chi connectivity index (χ1v) is 6.76. The number of nitrogens with one attached hydrogen (secondary N) is 3. The lowest BCUT2D eigenvalue weighted by atomic mass is 10.2. The summed E-state index contributed by atoms with van der Waals surface area (Å²) in [4.78, 5) is 28.1. The normalized spacial score (nSPS) is 10.6. The molecule has 0 unspecified atom stereocenters. The summed E-state index contributed by atoms with van der Waals surface area (Å²) < 4.78 is 5.22. The topological polar surface area (TPSA) is 99.3 Å². The molecule has 1 aromatic carbocycles. The Morgan fingerprint density at radius 1 is 1.36 bits per heavy atom.